The molecule has 0 N–H and O–H groups in total. The Kier molecular flexibility index (Phi) is 3.49. The zero-order chi connectivity index (χ0) is 16.5. The molecule has 0 saturated heterocycles. The Morgan fingerprint density at radius 1 is 1.04 bits per heavy atom. The highest BCUT2D eigenvalue weighted by Gasteiger charge is 2.15. The third kappa shape index (κ3) is 2.32. The minimum Gasteiger partial charge on any atom is -0.443 e. The van der Waals surface area contributed by atoms with Crippen molar-refractivity contribution in [3.63, 3.8) is 0 Å². The molecule has 24 heavy (non-hydrogen) atoms. The molecule has 0 unspecified atom stereocenters. The van der Waals surface area contributed by atoms with Crippen LogP contribution in [0.4, 0.5) is 5.95 Å². The Balaban J connectivity index is 1.85. The highest BCUT2D eigenvalue weighted by molar-refractivity contribution is 5.76. The van der Waals surface area contributed by atoms with Gasteiger partial charge in [-0.3, -0.25) is 4.40 Å². The lowest BCUT2D eigenvalue weighted by molar-refractivity contribution is 0.572. The van der Waals surface area contributed by atoms with Crippen molar-refractivity contribution < 1.29 is 4.42 Å². The van der Waals surface area contributed by atoms with Gasteiger partial charge in [0.05, 0.1) is 0 Å². The lowest BCUT2D eigenvalue weighted by Crippen LogP contribution is -2.18. The third-order valence-electron chi connectivity index (χ3n) is 4.08. The van der Waals surface area contributed by atoms with E-state index in [9.17, 15) is 0 Å². The Morgan fingerprint density at radius 3 is 2.67 bits per heavy atom. The van der Waals surface area contributed by atoms with Crippen LogP contribution in [0.1, 0.15) is 6.92 Å². The number of nitrogens with zero attached hydrogens (tertiary/aromatic N) is 5. The molecule has 3 aromatic heterocycles. The number of hydrogen-bond donors (Lipinski definition) is 0. The number of benzene rings is 1. The Bertz CT molecular complexity index is 973. The zero-order valence-electron chi connectivity index (χ0n) is 13.5. The quantitative estimate of drug-likeness (QED) is 0.576. The SMILES string of the molecule is CCN(C)c1nnc2ccc(-c3ocnc3-c3ccccc3)cn12. The van der Waals surface area contributed by atoms with E-state index in [1.165, 1.54) is 6.39 Å². The number of anilines is 1. The molecule has 0 aliphatic carbocycles. The first-order valence-corrected chi connectivity index (χ1v) is 7.83. The Labute approximate surface area is 139 Å². The van der Waals surface area contributed by atoms with Crippen LogP contribution in [0.5, 0.6) is 0 Å². The molecule has 1 aromatic carbocycles. The highest BCUT2D eigenvalue weighted by atomic mass is 16.3. The average Bonchev–Trinajstić information content (AvgIpc) is 3.28. The van der Waals surface area contributed by atoms with Crippen LogP contribution in [0.3, 0.4) is 0 Å². The van der Waals surface area contributed by atoms with Gasteiger partial charge in [-0.25, -0.2) is 4.98 Å². The molecule has 0 radical (unpaired) electrons. The summed E-state index contributed by atoms with van der Waals surface area (Å²) in [6.45, 7) is 2.93. The van der Waals surface area contributed by atoms with Crippen molar-refractivity contribution in [2.75, 3.05) is 18.5 Å². The molecule has 0 aliphatic heterocycles. The summed E-state index contributed by atoms with van der Waals surface area (Å²) in [4.78, 5) is 6.43. The predicted molar refractivity (Wildman–Crippen MR) is 92.9 cm³/mol. The topological polar surface area (TPSA) is 59.5 Å². The molecular formula is C18H17N5O. The molecular weight excluding hydrogens is 302 g/mol. The normalized spacial score (nSPS) is 11.1. The molecule has 0 atom stereocenters. The van der Waals surface area contributed by atoms with E-state index in [1.807, 2.05) is 65.0 Å². The van der Waals surface area contributed by atoms with E-state index in [0.717, 1.165) is 40.7 Å². The molecule has 0 aliphatic rings. The van der Waals surface area contributed by atoms with Crippen LogP contribution in [-0.2, 0) is 0 Å². The van der Waals surface area contributed by atoms with E-state index in [1.54, 1.807) is 0 Å². The molecule has 0 spiro atoms. The number of fused-ring (bicyclic) bond motifs is 1. The lowest BCUT2D eigenvalue weighted by Gasteiger charge is -2.13. The van der Waals surface area contributed by atoms with Crippen LogP contribution in [0.15, 0.2) is 59.5 Å². The molecule has 3 heterocycles. The van der Waals surface area contributed by atoms with Gasteiger partial charge in [0, 0.05) is 30.9 Å². The lowest BCUT2D eigenvalue weighted by atomic mass is 10.1. The second-order valence-corrected chi connectivity index (χ2v) is 5.56. The molecule has 0 fully saturated rings. The van der Waals surface area contributed by atoms with Crippen molar-refractivity contribution in [3.05, 3.63) is 55.1 Å². The van der Waals surface area contributed by atoms with Gasteiger partial charge in [0.2, 0.25) is 5.95 Å². The van der Waals surface area contributed by atoms with Gasteiger partial charge in [-0.1, -0.05) is 30.3 Å². The van der Waals surface area contributed by atoms with E-state index in [0.29, 0.717) is 0 Å². The van der Waals surface area contributed by atoms with Crippen molar-refractivity contribution in [2.24, 2.45) is 0 Å². The summed E-state index contributed by atoms with van der Waals surface area (Å²) in [6.07, 6.45) is 3.47. The molecule has 0 bridgehead atoms. The smallest absolute Gasteiger partial charge is 0.231 e. The average molecular weight is 319 g/mol. The number of pyridine rings is 1. The van der Waals surface area contributed by atoms with Gasteiger partial charge in [-0.15, -0.1) is 10.2 Å². The van der Waals surface area contributed by atoms with Crippen LogP contribution < -0.4 is 4.90 Å². The summed E-state index contributed by atoms with van der Waals surface area (Å²) >= 11 is 0. The second-order valence-electron chi connectivity index (χ2n) is 5.56. The fourth-order valence-corrected chi connectivity index (χ4v) is 2.67. The minimum atomic E-state index is 0.738. The summed E-state index contributed by atoms with van der Waals surface area (Å²) in [5.41, 5.74) is 3.59. The molecule has 6 nitrogen and oxygen atoms in total. The fourth-order valence-electron chi connectivity index (χ4n) is 2.67. The van der Waals surface area contributed by atoms with Crippen LogP contribution >= 0.6 is 0 Å². The van der Waals surface area contributed by atoms with Gasteiger partial charge in [-0.2, -0.15) is 0 Å². The van der Waals surface area contributed by atoms with Crippen LogP contribution in [0.25, 0.3) is 28.2 Å². The summed E-state index contributed by atoms with van der Waals surface area (Å²) in [6, 6.07) is 13.9. The molecule has 0 saturated carbocycles. The van der Waals surface area contributed by atoms with E-state index in [4.69, 9.17) is 4.42 Å². The first-order valence-electron chi connectivity index (χ1n) is 7.83. The zero-order valence-corrected chi connectivity index (χ0v) is 13.5. The van der Waals surface area contributed by atoms with E-state index < -0.39 is 0 Å². The standard InChI is InChI=1S/C18H17N5O/c1-3-22(2)18-21-20-15-10-9-14(11-23(15)18)17-16(19-12-24-17)13-7-5-4-6-8-13/h4-12H,3H2,1-2H3. The van der Waals surface area contributed by atoms with Gasteiger partial charge in [0.25, 0.3) is 0 Å². The molecule has 120 valence electrons. The summed E-state index contributed by atoms with van der Waals surface area (Å²) in [7, 11) is 1.99. The number of aromatic nitrogens is 4. The van der Waals surface area contributed by atoms with Crippen LogP contribution in [0.2, 0.25) is 0 Å². The molecule has 4 aromatic rings. The summed E-state index contributed by atoms with van der Waals surface area (Å²) in [5.74, 6) is 1.54. The number of rotatable bonds is 4. The first-order chi connectivity index (χ1) is 11.8. The minimum absolute atomic E-state index is 0.738. The predicted octanol–water partition coefficient (Wildman–Crippen LogP) is 3.51. The maximum Gasteiger partial charge on any atom is 0.231 e. The second kappa shape index (κ2) is 5.81. The van der Waals surface area contributed by atoms with E-state index >= 15 is 0 Å². The molecule has 0 amide bonds. The highest BCUT2D eigenvalue weighted by Crippen LogP contribution is 2.31. The Morgan fingerprint density at radius 2 is 1.88 bits per heavy atom. The maximum atomic E-state index is 5.68. The molecule has 4 rings (SSSR count). The summed E-state index contributed by atoms with van der Waals surface area (Å²) in [5, 5.41) is 8.48. The summed E-state index contributed by atoms with van der Waals surface area (Å²) < 4.78 is 7.65. The Hall–Kier alpha value is -3.15. The van der Waals surface area contributed by atoms with Crippen LogP contribution in [0, 0.1) is 0 Å². The largest absolute Gasteiger partial charge is 0.443 e. The van der Waals surface area contributed by atoms with Crippen molar-refractivity contribution in [1.29, 1.82) is 0 Å². The molecule has 6 heteroatoms. The van der Waals surface area contributed by atoms with Gasteiger partial charge in [-0.05, 0) is 19.1 Å². The fraction of sp³-hybridized carbons (Fsp3) is 0.167. The monoisotopic (exact) mass is 319 g/mol. The maximum absolute atomic E-state index is 5.68. The van der Waals surface area contributed by atoms with Crippen molar-refractivity contribution in [3.8, 4) is 22.6 Å². The van der Waals surface area contributed by atoms with Crippen LogP contribution in [-0.4, -0.2) is 33.2 Å². The number of hydrogen-bond acceptors (Lipinski definition) is 5. The third-order valence-corrected chi connectivity index (χ3v) is 4.08. The van der Waals surface area contributed by atoms with E-state index in [-0.39, 0.29) is 0 Å². The van der Waals surface area contributed by atoms with Crippen molar-refractivity contribution >= 4 is 11.6 Å². The van der Waals surface area contributed by atoms with Gasteiger partial charge in [0.1, 0.15) is 5.69 Å². The van der Waals surface area contributed by atoms with Crippen molar-refractivity contribution in [2.45, 2.75) is 6.92 Å². The van der Waals surface area contributed by atoms with Gasteiger partial charge in [0.15, 0.2) is 17.8 Å². The first kappa shape index (κ1) is 14.4. The van der Waals surface area contributed by atoms with Gasteiger partial charge >= 0.3 is 0 Å². The van der Waals surface area contributed by atoms with Gasteiger partial charge < -0.3 is 9.32 Å². The number of oxazole rings is 1. The van der Waals surface area contributed by atoms with E-state index in [2.05, 4.69) is 22.1 Å². The van der Waals surface area contributed by atoms with Crippen molar-refractivity contribution in [1.82, 2.24) is 19.6 Å².